The maximum Gasteiger partial charge on any atom is 0.0543 e. The third kappa shape index (κ3) is 3.98. The molecule has 2 aliphatic rings. The van der Waals surface area contributed by atoms with Crippen molar-refractivity contribution in [1.82, 2.24) is 0 Å². The molecule has 100 valence electrons. The Morgan fingerprint density at radius 3 is 2.47 bits per heavy atom. The predicted octanol–water partition coefficient (Wildman–Crippen LogP) is 4.53. The first-order valence-electron chi connectivity index (χ1n) is 7.97. The highest BCUT2D eigenvalue weighted by Gasteiger charge is 2.34. The second-order valence-corrected chi connectivity index (χ2v) is 6.52. The fourth-order valence-corrected chi connectivity index (χ4v) is 4.08. The molecule has 4 unspecified atom stereocenters. The molecule has 1 N–H and O–H groups in total. The minimum Gasteiger partial charge on any atom is -0.393 e. The van der Waals surface area contributed by atoms with Gasteiger partial charge in [0, 0.05) is 0 Å². The summed E-state index contributed by atoms with van der Waals surface area (Å²) >= 11 is 0. The van der Waals surface area contributed by atoms with E-state index in [1.165, 1.54) is 57.8 Å². The van der Waals surface area contributed by atoms with Gasteiger partial charge in [0.1, 0.15) is 0 Å². The second-order valence-electron chi connectivity index (χ2n) is 6.52. The quantitative estimate of drug-likeness (QED) is 0.697. The Kier molecular flexibility index (Phi) is 5.34. The van der Waals surface area contributed by atoms with Crippen LogP contribution in [0.25, 0.3) is 0 Å². The lowest BCUT2D eigenvalue weighted by Gasteiger charge is -2.41. The number of aliphatic hydroxyl groups excluding tert-OH is 1. The average molecular weight is 238 g/mol. The molecule has 0 amide bonds. The Morgan fingerprint density at radius 2 is 1.65 bits per heavy atom. The highest BCUT2D eigenvalue weighted by molar-refractivity contribution is 4.85. The standard InChI is InChI=1S/C16H30O/c1-2-3-4-5-6-13-7-8-15-12-16(17)10-9-14(15)11-13/h13-17H,2-12H2,1H3. The SMILES string of the molecule is CCCCCCC1CCC2CC(O)CCC2C1. The van der Waals surface area contributed by atoms with Gasteiger partial charge in [-0.05, 0) is 49.9 Å². The first-order chi connectivity index (χ1) is 8.29. The Labute approximate surface area is 107 Å². The smallest absolute Gasteiger partial charge is 0.0543 e. The minimum absolute atomic E-state index is 0.0253. The lowest BCUT2D eigenvalue weighted by atomic mass is 9.66. The van der Waals surface area contributed by atoms with Crippen LogP contribution in [0.1, 0.15) is 77.6 Å². The van der Waals surface area contributed by atoms with Crippen molar-refractivity contribution in [2.75, 3.05) is 0 Å². The van der Waals surface area contributed by atoms with E-state index in [2.05, 4.69) is 6.92 Å². The van der Waals surface area contributed by atoms with Crippen molar-refractivity contribution in [3.63, 3.8) is 0 Å². The van der Waals surface area contributed by atoms with Crippen LogP contribution in [0.15, 0.2) is 0 Å². The number of fused-ring (bicyclic) bond motifs is 1. The molecule has 0 bridgehead atoms. The zero-order chi connectivity index (χ0) is 12.1. The molecule has 17 heavy (non-hydrogen) atoms. The van der Waals surface area contributed by atoms with E-state index in [-0.39, 0.29) is 6.10 Å². The van der Waals surface area contributed by atoms with E-state index < -0.39 is 0 Å². The minimum atomic E-state index is 0.0253. The van der Waals surface area contributed by atoms with Crippen molar-refractivity contribution in [2.24, 2.45) is 17.8 Å². The molecule has 2 aliphatic carbocycles. The normalized spacial score (nSPS) is 37.8. The van der Waals surface area contributed by atoms with Crippen LogP contribution in [0.2, 0.25) is 0 Å². The third-order valence-corrected chi connectivity index (χ3v) is 5.16. The molecular formula is C16H30O. The van der Waals surface area contributed by atoms with E-state index in [1.807, 2.05) is 0 Å². The van der Waals surface area contributed by atoms with Crippen molar-refractivity contribution in [2.45, 2.75) is 83.7 Å². The van der Waals surface area contributed by atoms with Gasteiger partial charge in [-0.25, -0.2) is 0 Å². The number of hydrogen-bond acceptors (Lipinski definition) is 1. The summed E-state index contributed by atoms with van der Waals surface area (Å²) in [5.41, 5.74) is 0. The van der Waals surface area contributed by atoms with Crippen LogP contribution < -0.4 is 0 Å². The van der Waals surface area contributed by atoms with Crippen molar-refractivity contribution in [1.29, 1.82) is 0 Å². The van der Waals surface area contributed by atoms with Gasteiger partial charge in [0.05, 0.1) is 6.10 Å². The summed E-state index contributed by atoms with van der Waals surface area (Å²) in [5.74, 6) is 2.84. The maximum atomic E-state index is 9.71. The topological polar surface area (TPSA) is 20.2 Å². The number of unbranched alkanes of at least 4 members (excludes halogenated alkanes) is 3. The van der Waals surface area contributed by atoms with Gasteiger partial charge in [0.2, 0.25) is 0 Å². The fraction of sp³-hybridized carbons (Fsp3) is 1.00. The van der Waals surface area contributed by atoms with Crippen molar-refractivity contribution in [3.8, 4) is 0 Å². The van der Waals surface area contributed by atoms with Crippen LogP contribution in [-0.2, 0) is 0 Å². The van der Waals surface area contributed by atoms with Gasteiger partial charge >= 0.3 is 0 Å². The summed E-state index contributed by atoms with van der Waals surface area (Å²) < 4.78 is 0. The van der Waals surface area contributed by atoms with E-state index >= 15 is 0 Å². The van der Waals surface area contributed by atoms with Crippen LogP contribution in [0.4, 0.5) is 0 Å². The molecule has 0 aromatic carbocycles. The van der Waals surface area contributed by atoms with Gasteiger partial charge < -0.3 is 5.11 Å². The molecule has 0 aromatic heterocycles. The number of hydrogen-bond donors (Lipinski definition) is 1. The zero-order valence-electron chi connectivity index (χ0n) is 11.5. The first kappa shape index (κ1) is 13.4. The summed E-state index contributed by atoms with van der Waals surface area (Å²) in [7, 11) is 0. The van der Waals surface area contributed by atoms with Gasteiger partial charge in [0.25, 0.3) is 0 Å². The molecule has 0 spiro atoms. The van der Waals surface area contributed by atoms with Gasteiger partial charge in [-0.1, -0.05) is 45.4 Å². The Balaban J connectivity index is 1.67. The molecule has 1 nitrogen and oxygen atoms in total. The fourth-order valence-electron chi connectivity index (χ4n) is 4.08. The van der Waals surface area contributed by atoms with Gasteiger partial charge in [0.15, 0.2) is 0 Å². The Hall–Kier alpha value is -0.0400. The van der Waals surface area contributed by atoms with Crippen molar-refractivity contribution >= 4 is 0 Å². The molecule has 2 rings (SSSR count). The second kappa shape index (κ2) is 6.78. The molecular weight excluding hydrogens is 208 g/mol. The Bertz CT molecular complexity index is 212. The van der Waals surface area contributed by atoms with E-state index in [9.17, 15) is 5.11 Å². The number of aliphatic hydroxyl groups is 1. The first-order valence-corrected chi connectivity index (χ1v) is 7.97. The highest BCUT2D eigenvalue weighted by Crippen LogP contribution is 2.44. The largest absolute Gasteiger partial charge is 0.393 e. The van der Waals surface area contributed by atoms with Crippen LogP contribution in [0.3, 0.4) is 0 Å². The van der Waals surface area contributed by atoms with Gasteiger partial charge in [-0.3, -0.25) is 0 Å². The molecule has 0 aromatic rings. The molecule has 0 saturated heterocycles. The van der Waals surface area contributed by atoms with Gasteiger partial charge in [-0.15, -0.1) is 0 Å². The lowest BCUT2D eigenvalue weighted by Crippen LogP contribution is -2.33. The monoisotopic (exact) mass is 238 g/mol. The van der Waals surface area contributed by atoms with E-state index in [1.54, 1.807) is 0 Å². The summed E-state index contributed by atoms with van der Waals surface area (Å²) in [6.45, 7) is 2.29. The zero-order valence-corrected chi connectivity index (χ0v) is 11.5. The average Bonchev–Trinajstić information content (AvgIpc) is 2.35. The molecule has 2 fully saturated rings. The summed E-state index contributed by atoms with van der Waals surface area (Å²) in [6.07, 6.45) is 15.0. The van der Waals surface area contributed by atoms with Crippen molar-refractivity contribution in [3.05, 3.63) is 0 Å². The van der Waals surface area contributed by atoms with Crippen molar-refractivity contribution < 1.29 is 5.11 Å². The predicted molar refractivity (Wildman–Crippen MR) is 72.9 cm³/mol. The van der Waals surface area contributed by atoms with E-state index in [0.717, 1.165) is 30.6 Å². The molecule has 0 radical (unpaired) electrons. The van der Waals surface area contributed by atoms with Crippen LogP contribution in [-0.4, -0.2) is 11.2 Å². The number of rotatable bonds is 5. The summed E-state index contributed by atoms with van der Waals surface area (Å²) in [4.78, 5) is 0. The molecule has 2 saturated carbocycles. The molecule has 0 heterocycles. The van der Waals surface area contributed by atoms with Crippen LogP contribution in [0.5, 0.6) is 0 Å². The molecule has 4 atom stereocenters. The lowest BCUT2D eigenvalue weighted by molar-refractivity contribution is 0.0337. The van der Waals surface area contributed by atoms with Crippen LogP contribution in [0, 0.1) is 17.8 Å². The Morgan fingerprint density at radius 1 is 0.882 bits per heavy atom. The third-order valence-electron chi connectivity index (χ3n) is 5.16. The van der Waals surface area contributed by atoms with Crippen LogP contribution >= 0.6 is 0 Å². The highest BCUT2D eigenvalue weighted by atomic mass is 16.3. The van der Waals surface area contributed by atoms with Gasteiger partial charge in [-0.2, -0.15) is 0 Å². The summed E-state index contributed by atoms with van der Waals surface area (Å²) in [6, 6.07) is 0. The van der Waals surface area contributed by atoms with E-state index in [0.29, 0.717) is 0 Å². The molecule has 0 aliphatic heterocycles. The summed E-state index contributed by atoms with van der Waals surface area (Å²) in [5, 5.41) is 9.71. The molecule has 1 heteroatoms. The maximum absolute atomic E-state index is 9.71. The van der Waals surface area contributed by atoms with E-state index in [4.69, 9.17) is 0 Å².